The molecule has 100 valence electrons. The molecule has 0 unspecified atom stereocenters. The fourth-order valence-corrected chi connectivity index (χ4v) is 1.39. The molecule has 0 aliphatic rings. The van der Waals surface area contributed by atoms with Crippen LogP contribution in [0.5, 0.6) is 0 Å². The summed E-state index contributed by atoms with van der Waals surface area (Å²) in [7, 11) is 2.13. The van der Waals surface area contributed by atoms with E-state index in [2.05, 4.69) is 30.7 Å². The molecular formula is C14H27NO2. The van der Waals surface area contributed by atoms with Crippen molar-refractivity contribution in [1.29, 1.82) is 0 Å². The molecule has 0 heterocycles. The van der Waals surface area contributed by atoms with Gasteiger partial charge in [-0.25, -0.2) is 0 Å². The summed E-state index contributed by atoms with van der Waals surface area (Å²) in [6.07, 6.45) is 3.11. The zero-order valence-electron chi connectivity index (χ0n) is 11.6. The van der Waals surface area contributed by atoms with Crippen LogP contribution in [0.2, 0.25) is 0 Å². The van der Waals surface area contributed by atoms with E-state index in [0.717, 1.165) is 52.2 Å². The van der Waals surface area contributed by atoms with Crippen LogP contribution < -0.4 is 0 Å². The van der Waals surface area contributed by atoms with Crippen LogP contribution >= 0.6 is 0 Å². The molecule has 0 saturated heterocycles. The molecule has 0 aromatic carbocycles. The maximum atomic E-state index is 5.48. The molecule has 0 aromatic rings. The maximum Gasteiger partial charge on any atom is 0.0700 e. The van der Waals surface area contributed by atoms with Crippen molar-refractivity contribution in [3.8, 4) is 11.8 Å². The van der Waals surface area contributed by atoms with E-state index >= 15 is 0 Å². The quantitative estimate of drug-likeness (QED) is 0.409. The molecule has 0 atom stereocenters. The van der Waals surface area contributed by atoms with Crippen molar-refractivity contribution in [2.24, 2.45) is 0 Å². The average molecular weight is 241 g/mol. The first-order chi connectivity index (χ1) is 8.31. The summed E-state index contributed by atoms with van der Waals surface area (Å²) >= 11 is 0. The Kier molecular flexibility index (Phi) is 13.1. The van der Waals surface area contributed by atoms with E-state index in [1.54, 1.807) is 0 Å². The predicted octanol–water partition coefficient (Wildman–Crippen LogP) is 2.16. The van der Waals surface area contributed by atoms with E-state index in [9.17, 15) is 0 Å². The van der Waals surface area contributed by atoms with E-state index in [4.69, 9.17) is 9.47 Å². The second kappa shape index (κ2) is 13.5. The highest BCUT2D eigenvalue weighted by molar-refractivity contribution is 4.95. The number of hydrogen-bond acceptors (Lipinski definition) is 3. The molecule has 3 heteroatoms. The van der Waals surface area contributed by atoms with Crippen molar-refractivity contribution < 1.29 is 9.47 Å². The summed E-state index contributed by atoms with van der Waals surface area (Å²) in [6, 6.07) is 0. The van der Waals surface area contributed by atoms with Gasteiger partial charge in [0.2, 0.25) is 0 Å². The maximum absolute atomic E-state index is 5.48. The molecule has 0 spiro atoms. The molecule has 0 aliphatic carbocycles. The number of nitrogens with zero attached hydrogens (tertiary/aromatic N) is 1. The summed E-state index contributed by atoms with van der Waals surface area (Å²) in [5.74, 6) is 5.98. The van der Waals surface area contributed by atoms with Gasteiger partial charge in [0.1, 0.15) is 0 Å². The van der Waals surface area contributed by atoms with Crippen LogP contribution in [0.25, 0.3) is 0 Å². The zero-order chi connectivity index (χ0) is 12.8. The fourth-order valence-electron chi connectivity index (χ4n) is 1.39. The number of hydrogen-bond donors (Lipinski definition) is 0. The Bertz CT molecular complexity index is 208. The van der Waals surface area contributed by atoms with Gasteiger partial charge in [-0.15, -0.1) is 11.8 Å². The first-order valence-corrected chi connectivity index (χ1v) is 6.55. The van der Waals surface area contributed by atoms with Gasteiger partial charge in [-0.3, -0.25) is 0 Å². The van der Waals surface area contributed by atoms with Gasteiger partial charge in [0.25, 0.3) is 0 Å². The summed E-state index contributed by atoms with van der Waals surface area (Å²) < 4.78 is 10.8. The van der Waals surface area contributed by atoms with Gasteiger partial charge in [0, 0.05) is 32.7 Å². The van der Waals surface area contributed by atoms with Gasteiger partial charge in [-0.05, 0) is 26.8 Å². The van der Waals surface area contributed by atoms with E-state index < -0.39 is 0 Å². The summed E-state index contributed by atoms with van der Waals surface area (Å²) in [5, 5.41) is 0. The Morgan fingerprint density at radius 3 is 2.35 bits per heavy atom. The van der Waals surface area contributed by atoms with Gasteiger partial charge in [0.15, 0.2) is 0 Å². The van der Waals surface area contributed by atoms with Gasteiger partial charge in [-0.2, -0.15) is 0 Å². The minimum Gasteiger partial charge on any atom is -0.379 e. The van der Waals surface area contributed by atoms with E-state index in [0.29, 0.717) is 6.61 Å². The van der Waals surface area contributed by atoms with Crippen molar-refractivity contribution in [3.05, 3.63) is 0 Å². The third-order valence-corrected chi connectivity index (χ3v) is 2.34. The molecule has 0 radical (unpaired) electrons. The van der Waals surface area contributed by atoms with Gasteiger partial charge < -0.3 is 14.4 Å². The summed E-state index contributed by atoms with van der Waals surface area (Å²) in [6.45, 7) is 9.19. The van der Waals surface area contributed by atoms with E-state index in [1.165, 1.54) is 0 Å². The third kappa shape index (κ3) is 13.4. The van der Waals surface area contributed by atoms with E-state index in [1.807, 2.05) is 6.92 Å². The first kappa shape index (κ1) is 16.4. The second-order valence-electron chi connectivity index (χ2n) is 4.06. The minimum atomic E-state index is 0.713. The molecule has 0 aromatic heterocycles. The predicted molar refractivity (Wildman–Crippen MR) is 72.1 cm³/mol. The molecule has 0 N–H and O–H groups in total. The molecule has 17 heavy (non-hydrogen) atoms. The SMILES string of the molecule is CC#CCCN(C)CCCOCCOCCC. The molecule has 0 bridgehead atoms. The standard InChI is InChI=1S/C14H27NO2/c1-4-6-7-9-15(3)10-8-12-17-14-13-16-11-5-2/h5,7-14H2,1-3H3. The van der Waals surface area contributed by atoms with Crippen molar-refractivity contribution in [2.75, 3.05) is 46.6 Å². The monoisotopic (exact) mass is 241 g/mol. The lowest BCUT2D eigenvalue weighted by Gasteiger charge is -2.14. The smallest absolute Gasteiger partial charge is 0.0700 e. The van der Waals surface area contributed by atoms with Crippen molar-refractivity contribution in [3.63, 3.8) is 0 Å². The Balaban J connectivity index is 3.12. The second-order valence-corrected chi connectivity index (χ2v) is 4.06. The molecule has 3 nitrogen and oxygen atoms in total. The van der Waals surface area contributed by atoms with Crippen LogP contribution in [-0.4, -0.2) is 51.5 Å². The average Bonchev–Trinajstić information content (AvgIpc) is 2.33. The van der Waals surface area contributed by atoms with Crippen LogP contribution in [0, 0.1) is 11.8 Å². The summed E-state index contributed by atoms with van der Waals surface area (Å²) in [4.78, 5) is 2.29. The minimum absolute atomic E-state index is 0.713. The highest BCUT2D eigenvalue weighted by Gasteiger charge is 1.96. The Morgan fingerprint density at radius 1 is 1.00 bits per heavy atom. The van der Waals surface area contributed by atoms with Gasteiger partial charge >= 0.3 is 0 Å². The number of rotatable bonds is 11. The lowest BCUT2D eigenvalue weighted by Crippen LogP contribution is -2.22. The van der Waals surface area contributed by atoms with Crippen LogP contribution in [0.3, 0.4) is 0 Å². The molecule has 0 saturated carbocycles. The molecule has 0 fully saturated rings. The van der Waals surface area contributed by atoms with Crippen LogP contribution in [0.4, 0.5) is 0 Å². The van der Waals surface area contributed by atoms with Crippen molar-refractivity contribution >= 4 is 0 Å². The largest absolute Gasteiger partial charge is 0.379 e. The normalized spacial score (nSPS) is 10.4. The zero-order valence-corrected chi connectivity index (χ0v) is 11.6. The topological polar surface area (TPSA) is 21.7 Å². The first-order valence-electron chi connectivity index (χ1n) is 6.55. The van der Waals surface area contributed by atoms with Gasteiger partial charge in [-0.1, -0.05) is 6.92 Å². The lowest BCUT2D eigenvalue weighted by atomic mass is 10.3. The third-order valence-electron chi connectivity index (χ3n) is 2.34. The van der Waals surface area contributed by atoms with Gasteiger partial charge in [0.05, 0.1) is 13.2 Å². The molecule has 0 rings (SSSR count). The Morgan fingerprint density at radius 2 is 1.71 bits per heavy atom. The van der Waals surface area contributed by atoms with E-state index in [-0.39, 0.29) is 0 Å². The Hall–Kier alpha value is -0.560. The van der Waals surface area contributed by atoms with Crippen molar-refractivity contribution in [1.82, 2.24) is 4.90 Å². The molecule has 0 amide bonds. The fraction of sp³-hybridized carbons (Fsp3) is 0.857. The summed E-state index contributed by atoms with van der Waals surface area (Å²) in [5.41, 5.74) is 0. The molecule has 0 aliphatic heterocycles. The highest BCUT2D eigenvalue weighted by atomic mass is 16.5. The highest BCUT2D eigenvalue weighted by Crippen LogP contribution is 1.91. The van der Waals surface area contributed by atoms with Crippen LogP contribution in [-0.2, 0) is 9.47 Å². The van der Waals surface area contributed by atoms with Crippen molar-refractivity contribution in [2.45, 2.75) is 33.1 Å². The lowest BCUT2D eigenvalue weighted by molar-refractivity contribution is 0.0451. The van der Waals surface area contributed by atoms with Crippen LogP contribution in [0.15, 0.2) is 0 Å². The van der Waals surface area contributed by atoms with Crippen LogP contribution in [0.1, 0.15) is 33.1 Å². The molecular weight excluding hydrogens is 214 g/mol. The number of ether oxygens (including phenoxy) is 2. The Labute approximate surface area is 106 Å².